The molecule has 0 aliphatic rings. The van der Waals surface area contributed by atoms with Gasteiger partial charge in [-0.1, -0.05) is 30.8 Å². The quantitative estimate of drug-likeness (QED) is 0.0706. The van der Waals surface area contributed by atoms with Crippen LogP contribution in [0.3, 0.4) is 0 Å². The van der Waals surface area contributed by atoms with Gasteiger partial charge in [-0.3, -0.25) is 4.79 Å². The van der Waals surface area contributed by atoms with Gasteiger partial charge in [0.15, 0.2) is 5.43 Å². The summed E-state index contributed by atoms with van der Waals surface area (Å²) in [6.07, 6.45) is -0.287. The van der Waals surface area contributed by atoms with Crippen LogP contribution in [0.5, 0.6) is 5.75 Å². The Balaban J connectivity index is 0.000000304. The van der Waals surface area contributed by atoms with E-state index in [9.17, 15) is 34.2 Å². The molecule has 3 aromatic carbocycles. The molecule has 0 spiro atoms. The van der Waals surface area contributed by atoms with E-state index in [4.69, 9.17) is 19.3 Å². The number of carbonyl (C=O) groups is 4. The van der Waals surface area contributed by atoms with Crippen molar-refractivity contribution in [3.05, 3.63) is 101 Å². The van der Waals surface area contributed by atoms with Gasteiger partial charge in [-0.25, -0.2) is 14.4 Å². The number of esters is 2. The predicted octanol–water partition coefficient (Wildman–Crippen LogP) is -0.0407. The molecule has 0 aliphatic heterocycles. The fraction of sp³-hybridized carbons (Fsp3) is 0.194. The van der Waals surface area contributed by atoms with Crippen LogP contribution in [0.25, 0.3) is 20.2 Å². The van der Waals surface area contributed by atoms with Gasteiger partial charge in [-0.2, -0.15) is 0 Å². The molecule has 11 nitrogen and oxygen atoms in total. The minimum atomic E-state index is -1.34. The summed E-state index contributed by atoms with van der Waals surface area (Å²) >= 11 is 1.52. The molecule has 1 atom stereocenters. The van der Waals surface area contributed by atoms with Crippen LogP contribution in [0.1, 0.15) is 33.6 Å². The fourth-order valence-electron chi connectivity index (χ4n) is 3.70. The van der Waals surface area contributed by atoms with Gasteiger partial charge in [0.25, 0.3) is 0 Å². The molecule has 1 unspecified atom stereocenters. The number of aliphatic carboxylic acids is 1. The van der Waals surface area contributed by atoms with Crippen LogP contribution >= 0.6 is 11.3 Å². The molecule has 0 radical (unpaired) electrons. The number of aromatic carboxylic acids is 1. The second-order valence-corrected chi connectivity index (χ2v) is 9.92. The van der Waals surface area contributed by atoms with Crippen LogP contribution in [-0.2, 0) is 19.1 Å². The summed E-state index contributed by atoms with van der Waals surface area (Å²) in [6.45, 7) is 3.18. The van der Waals surface area contributed by atoms with E-state index in [1.165, 1.54) is 29.5 Å². The third-order valence-electron chi connectivity index (χ3n) is 5.70. The van der Waals surface area contributed by atoms with Crippen molar-refractivity contribution in [2.75, 3.05) is 19.8 Å². The minimum absolute atomic E-state index is 0. The molecule has 4 aromatic rings. The van der Waals surface area contributed by atoms with Crippen molar-refractivity contribution < 1.29 is 78.3 Å². The summed E-state index contributed by atoms with van der Waals surface area (Å²) in [5.41, 5.74) is -0.200. The van der Waals surface area contributed by atoms with Gasteiger partial charge in [-0.15, -0.1) is 11.3 Å². The van der Waals surface area contributed by atoms with Gasteiger partial charge in [0, 0.05) is 45.1 Å². The second kappa shape index (κ2) is 17.9. The Morgan fingerprint density at radius 3 is 2.23 bits per heavy atom. The van der Waals surface area contributed by atoms with Crippen LogP contribution in [-0.4, -0.2) is 60.0 Å². The van der Waals surface area contributed by atoms with Gasteiger partial charge >= 0.3 is 47.5 Å². The summed E-state index contributed by atoms with van der Waals surface area (Å²) in [6, 6.07) is 18.3. The number of ether oxygens (including phenoxy) is 3. The molecular weight excluding hydrogens is 603 g/mol. The minimum Gasteiger partial charge on any atom is -0.550 e. The maximum atomic E-state index is 12.5. The van der Waals surface area contributed by atoms with E-state index >= 15 is 0 Å². The molecular formula is C31H27NaO11S. The molecule has 4 rings (SSSR count). The number of carboxylic acid groups (broad SMARTS) is 2. The zero-order chi connectivity index (χ0) is 31.4. The Bertz CT molecular complexity index is 1700. The van der Waals surface area contributed by atoms with Crippen molar-refractivity contribution in [2.45, 2.75) is 18.9 Å². The number of benzene rings is 3. The number of carboxylic acids is 2. The van der Waals surface area contributed by atoms with Gasteiger partial charge in [0.2, 0.25) is 0 Å². The number of aliphatic hydroxyl groups is 1. The molecule has 13 heteroatoms. The summed E-state index contributed by atoms with van der Waals surface area (Å²) in [7, 11) is 0. The first-order chi connectivity index (χ1) is 20.6. The molecule has 0 bridgehead atoms. The van der Waals surface area contributed by atoms with Crippen molar-refractivity contribution in [3.8, 4) is 5.75 Å². The molecule has 2 N–H and O–H groups in total. The van der Waals surface area contributed by atoms with E-state index < -0.39 is 36.4 Å². The SMILES string of the molecule is C=CC(=O)OCCCOC(=O)c1ccccc1C(=O)O.O=C([O-])CC(O)COc1ccc2sc3ccccc3c(=O)c2c1.[Na+]. The maximum absolute atomic E-state index is 12.5. The third-order valence-corrected chi connectivity index (χ3v) is 6.85. The first-order valence-electron chi connectivity index (χ1n) is 12.9. The Labute approximate surface area is 277 Å². The van der Waals surface area contributed by atoms with Crippen molar-refractivity contribution in [1.29, 1.82) is 0 Å². The Kier molecular flexibility index (Phi) is 14.7. The topological polar surface area (TPSA) is 177 Å². The van der Waals surface area contributed by atoms with Crippen LogP contribution in [0.2, 0.25) is 0 Å². The standard InChI is InChI=1S/C17H14O5S.C14H14O6.Na/c18-10(7-16(19)20)9-22-11-5-6-15-13(8-11)17(21)12-3-1-2-4-14(12)23-15;1-2-12(15)19-8-5-9-20-14(18)11-7-4-3-6-10(11)13(16)17;/h1-6,8,10,18H,7,9H2,(H,19,20);2-4,6-7H,1,5,8-9H2,(H,16,17);/q;;+1/p-1. The monoisotopic (exact) mass is 630 g/mol. The van der Waals surface area contributed by atoms with Crippen molar-refractivity contribution in [3.63, 3.8) is 0 Å². The number of aliphatic hydroxyl groups excluding tert-OH is 1. The first-order valence-corrected chi connectivity index (χ1v) is 13.7. The van der Waals surface area contributed by atoms with Gasteiger partial charge in [-0.05, 0) is 42.5 Å². The molecule has 224 valence electrons. The van der Waals surface area contributed by atoms with Gasteiger partial charge in [0.05, 0.1) is 30.4 Å². The van der Waals surface area contributed by atoms with Crippen LogP contribution in [0.15, 0.2) is 84.2 Å². The zero-order valence-electron chi connectivity index (χ0n) is 23.7. The van der Waals surface area contributed by atoms with Crippen LogP contribution < -0.4 is 44.8 Å². The third kappa shape index (κ3) is 10.6. The van der Waals surface area contributed by atoms with E-state index in [1.807, 2.05) is 18.2 Å². The maximum Gasteiger partial charge on any atom is 1.00 e. The average molecular weight is 631 g/mol. The summed E-state index contributed by atoms with van der Waals surface area (Å²) in [5.74, 6) is -3.40. The summed E-state index contributed by atoms with van der Waals surface area (Å²) < 4.78 is 16.7. The molecule has 0 aliphatic carbocycles. The number of hydrogen-bond acceptors (Lipinski definition) is 11. The van der Waals surface area contributed by atoms with E-state index in [2.05, 4.69) is 6.58 Å². The van der Waals surface area contributed by atoms with Gasteiger partial charge in [0.1, 0.15) is 12.4 Å². The molecule has 0 amide bonds. The summed E-state index contributed by atoms with van der Waals surface area (Å²) in [5, 5.41) is 30.0. The Morgan fingerprint density at radius 2 is 1.55 bits per heavy atom. The normalized spacial score (nSPS) is 10.8. The number of hydrogen-bond donors (Lipinski definition) is 2. The fourth-order valence-corrected chi connectivity index (χ4v) is 4.75. The first kappa shape index (κ1) is 36.1. The average Bonchev–Trinajstić information content (AvgIpc) is 3.00. The van der Waals surface area contributed by atoms with Crippen molar-refractivity contribution in [2.24, 2.45) is 0 Å². The zero-order valence-corrected chi connectivity index (χ0v) is 26.5. The molecule has 0 fully saturated rings. The van der Waals surface area contributed by atoms with E-state index in [1.54, 1.807) is 30.3 Å². The van der Waals surface area contributed by atoms with E-state index in [-0.39, 0.29) is 65.9 Å². The number of fused-ring (bicyclic) bond motifs is 2. The van der Waals surface area contributed by atoms with E-state index in [0.29, 0.717) is 22.9 Å². The van der Waals surface area contributed by atoms with Crippen LogP contribution in [0.4, 0.5) is 0 Å². The Hall–Kier alpha value is -4.07. The number of carbonyl (C=O) groups excluding carboxylic acids is 3. The van der Waals surface area contributed by atoms with Crippen molar-refractivity contribution in [1.82, 2.24) is 0 Å². The largest absolute Gasteiger partial charge is 1.00 e. The van der Waals surface area contributed by atoms with E-state index in [0.717, 1.165) is 15.5 Å². The van der Waals surface area contributed by atoms with Gasteiger partial charge < -0.3 is 34.3 Å². The molecule has 0 saturated heterocycles. The Morgan fingerprint density at radius 1 is 0.909 bits per heavy atom. The molecule has 1 heterocycles. The smallest absolute Gasteiger partial charge is 0.550 e. The molecule has 0 saturated carbocycles. The van der Waals surface area contributed by atoms with Crippen molar-refractivity contribution >= 4 is 55.4 Å². The molecule has 44 heavy (non-hydrogen) atoms. The molecule has 1 aromatic heterocycles. The predicted molar refractivity (Wildman–Crippen MR) is 156 cm³/mol. The van der Waals surface area contributed by atoms with Crippen LogP contribution in [0, 0.1) is 0 Å². The number of rotatable bonds is 12. The summed E-state index contributed by atoms with van der Waals surface area (Å²) in [4.78, 5) is 56.3. The second-order valence-electron chi connectivity index (χ2n) is 8.84.